The first kappa shape index (κ1) is 27.5. The van der Waals surface area contributed by atoms with Crippen molar-refractivity contribution in [2.24, 2.45) is 0 Å². The van der Waals surface area contributed by atoms with Crippen molar-refractivity contribution in [2.45, 2.75) is 119 Å². The normalized spacial score (nSPS) is 13.2. The summed E-state index contributed by atoms with van der Waals surface area (Å²) >= 11 is 0. The van der Waals surface area contributed by atoms with Crippen LogP contribution in [0.15, 0.2) is 24.3 Å². The second-order valence-electron chi connectivity index (χ2n) is 11.3. The topological polar surface area (TPSA) is 0 Å². The van der Waals surface area contributed by atoms with Crippen molar-refractivity contribution in [3.8, 4) is 0 Å². The van der Waals surface area contributed by atoms with Gasteiger partial charge in [0.2, 0.25) is 0 Å². The van der Waals surface area contributed by atoms with E-state index in [2.05, 4.69) is 107 Å². The molecule has 0 N–H and O–H groups in total. The van der Waals surface area contributed by atoms with Crippen LogP contribution in [0.1, 0.15) is 152 Å². The largest absolute Gasteiger partial charge is 0.0627 e. The van der Waals surface area contributed by atoms with Crippen molar-refractivity contribution in [1.82, 2.24) is 0 Å². The average molecular weight is 471 g/mol. The lowest BCUT2D eigenvalue weighted by Gasteiger charge is -2.26. The van der Waals surface area contributed by atoms with Crippen LogP contribution >= 0.6 is 16.5 Å². The van der Waals surface area contributed by atoms with E-state index in [1.54, 1.807) is 32.9 Å². The van der Waals surface area contributed by atoms with Crippen LogP contribution in [0.3, 0.4) is 0 Å². The minimum Gasteiger partial charge on any atom is -0.0627 e. The summed E-state index contributed by atoms with van der Waals surface area (Å²) in [6.45, 7) is 28.3. The van der Waals surface area contributed by atoms with E-state index in [9.17, 15) is 0 Å². The lowest BCUT2D eigenvalue weighted by atomic mass is 9.89. The van der Waals surface area contributed by atoms with Gasteiger partial charge in [0.15, 0.2) is 0 Å². The monoisotopic (exact) mass is 470 g/mol. The first-order valence-corrected chi connectivity index (χ1v) is 15.7. The molecule has 2 unspecified atom stereocenters. The zero-order chi connectivity index (χ0) is 24.3. The van der Waals surface area contributed by atoms with Gasteiger partial charge in [0, 0.05) is 0 Å². The Morgan fingerprint density at radius 1 is 0.375 bits per heavy atom. The highest BCUT2D eigenvalue weighted by Gasteiger charge is 2.21. The molecule has 0 aromatic heterocycles. The van der Waals surface area contributed by atoms with Crippen LogP contribution in [-0.2, 0) is 0 Å². The zero-order valence-corrected chi connectivity index (χ0v) is 24.8. The quantitative estimate of drug-likeness (QED) is 0.320. The highest BCUT2D eigenvalue weighted by atomic mass is 32.0. The van der Waals surface area contributed by atoms with Crippen LogP contribution in [0.2, 0.25) is 0 Å². The summed E-state index contributed by atoms with van der Waals surface area (Å²) in [5, 5.41) is 3.30. The first-order chi connectivity index (χ1) is 14.8. The molecule has 32 heavy (non-hydrogen) atoms. The summed E-state index contributed by atoms with van der Waals surface area (Å²) in [6, 6.07) is 10.1. The van der Waals surface area contributed by atoms with E-state index in [1.807, 2.05) is 0 Å². The predicted molar refractivity (Wildman–Crippen MR) is 153 cm³/mol. The number of hydrogen-bond acceptors (Lipinski definition) is 0. The van der Waals surface area contributed by atoms with E-state index in [4.69, 9.17) is 0 Å². The second kappa shape index (κ2) is 11.6. The van der Waals surface area contributed by atoms with Crippen LogP contribution in [0.25, 0.3) is 0 Å². The van der Waals surface area contributed by atoms with E-state index in [-0.39, 0.29) is 0 Å². The summed E-state index contributed by atoms with van der Waals surface area (Å²) in [6.07, 6.45) is 0. The van der Waals surface area contributed by atoms with Crippen molar-refractivity contribution in [3.63, 3.8) is 0 Å². The van der Waals surface area contributed by atoms with Crippen molar-refractivity contribution < 1.29 is 0 Å². The first-order valence-electron chi connectivity index (χ1n) is 12.7. The molecule has 0 saturated heterocycles. The molecule has 0 nitrogen and oxygen atoms in total. The van der Waals surface area contributed by atoms with E-state index in [0.717, 1.165) is 16.5 Å². The molecular formula is C30H48P2. The maximum absolute atomic E-state index is 2.52. The number of benzene rings is 2. The number of rotatable bonds is 9. The van der Waals surface area contributed by atoms with Crippen LogP contribution in [0, 0.1) is 0 Å². The van der Waals surface area contributed by atoms with Gasteiger partial charge in [-0.25, -0.2) is 0 Å². The minimum absolute atomic E-state index is 0.566. The van der Waals surface area contributed by atoms with E-state index in [1.165, 1.54) is 11.1 Å². The van der Waals surface area contributed by atoms with Crippen molar-refractivity contribution in [2.75, 3.05) is 0 Å². The van der Waals surface area contributed by atoms with E-state index >= 15 is 0 Å². The Balaban J connectivity index is 2.63. The molecule has 0 radical (unpaired) electrons. The average Bonchev–Trinajstić information content (AvgIpc) is 2.70. The Labute approximate surface area is 203 Å². The fourth-order valence-electron chi connectivity index (χ4n) is 4.33. The van der Waals surface area contributed by atoms with Crippen LogP contribution in [0.5, 0.6) is 0 Å². The van der Waals surface area contributed by atoms with E-state index < -0.39 is 0 Å². The molecule has 2 atom stereocenters. The Morgan fingerprint density at radius 2 is 0.594 bits per heavy atom. The summed E-state index contributed by atoms with van der Waals surface area (Å²) in [7, 11) is 1.70. The minimum atomic E-state index is 0.566. The molecule has 0 aliphatic rings. The molecule has 0 aliphatic carbocycles. The SMILES string of the molecule is CC(C)c1cc(C(C)C)c(PPc2c(C(C)C)cc(C(C)C)cc2C(C)C)c(C(C)C)c1. The Kier molecular flexibility index (Phi) is 10.0. The molecule has 2 rings (SSSR count). The standard InChI is InChI=1S/C30H48P2/c1-17(2)23-13-25(19(5)6)29(26(14-23)20(7)8)31-32-30-27(21(9)10)15-24(18(3)4)16-28(30)22(11)12/h13-22,31-32H,1-12H3. The summed E-state index contributed by atoms with van der Waals surface area (Å²) < 4.78 is 0. The molecule has 0 aliphatic heterocycles. The van der Waals surface area contributed by atoms with E-state index in [0.29, 0.717) is 35.5 Å². The summed E-state index contributed by atoms with van der Waals surface area (Å²) in [5.74, 6) is 3.42. The fourth-order valence-corrected chi connectivity index (χ4v) is 9.08. The molecule has 0 saturated carbocycles. The molecule has 0 amide bonds. The maximum Gasteiger partial charge on any atom is -0.0158 e. The summed E-state index contributed by atoms with van der Waals surface area (Å²) in [5.41, 5.74) is 9.34. The smallest absolute Gasteiger partial charge is 0.0158 e. The van der Waals surface area contributed by atoms with Crippen LogP contribution in [0.4, 0.5) is 0 Å². The fraction of sp³-hybridized carbons (Fsp3) is 0.600. The lowest BCUT2D eigenvalue weighted by Crippen LogP contribution is -2.17. The van der Waals surface area contributed by atoms with Crippen molar-refractivity contribution >= 4 is 27.1 Å². The van der Waals surface area contributed by atoms with Gasteiger partial charge in [0.05, 0.1) is 0 Å². The molecular weight excluding hydrogens is 422 g/mol. The molecule has 178 valence electrons. The third-order valence-electron chi connectivity index (χ3n) is 6.58. The zero-order valence-electron chi connectivity index (χ0n) is 22.8. The van der Waals surface area contributed by atoms with Crippen molar-refractivity contribution in [1.29, 1.82) is 0 Å². The van der Waals surface area contributed by atoms with Gasteiger partial charge >= 0.3 is 0 Å². The predicted octanol–water partition coefficient (Wildman–Crippen LogP) is 9.65. The molecule has 0 spiro atoms. The molecule has 2 aromatic rings. The Bertz CT molecular complexity index is 768. The Morgan fingerprint density at radius 3 is 0.750 bits per heavy atom. The highest BCUT2D eigenvalue weighted by Crippen LogP contribution is 2.44. The van der Waals surface area contributed by atoms with Crippen LogP contribution < -0.4 is 10.6 Å². The second-order valence-corrected chi connectivity index (χ2v) is 14.3. The van der Waals surface area contributed by atoms with Crippen LogP contribution in [-0.4, -0.2) is 0 Å². The third-order valence-corrected chi connectivity index (χ3v) is 10.2. The van der Waals surface area contributed by atoms with Crippen molar-refractivity contribution in [3.05, 3.63) is 57.6 Å². The molecule has 2 heteroatoms. The van der Waals surface area contributed by atoms with Gasteiger partial charge in [0.1, 0.15) is 0 Å². The highest BCUT2D eigenvalue weighted by molar-refractivity contribution is 8.18. The Hall–Kier alpha value is -0.700. The summed E-state index contributed by atoms with van der Waals surface area (Å²) in [4.78, 5) is 0. The molecule has 2 aromatic carbocycles. The lowest BCUT2D eigenvalue weighted by molar-refractivity contribution is 0.813. The van der Waals surface area contributed by atoms with Gasteiger partial charge in [-0.15, -0.1) is 0 Å². The molecule has 0 fully saturated rings. The van der Waals surface area contributed by atoms with Gasteiger partial charge in [-0.3, -0.25) is 0 Å². The van der Waals surface area contributed by atoms with Gasteiger partial charge in [0.25, 0.3) is 0 Å². The molecule has 0 bridgehead atoms. The van der Waals surface area contributed by atoms with Gasteiger partial charge in [-0.05, 0) is 79.5 Å². The van der Waals surface area contributed by atoms with Gasteiger partial charge in [-0.2, -0.15) is 0 Å². The third kappa shape index (κ3) is 6.45. The van der Waals surface area contributed by atoms with Gasteiger partial charge in [-0.1, -0.05) is 124 Å². The van der Waals surface area contributed by atoms with Gasteiger partial charge < -0.3 is 0 Å². The molecule has 0 heterocycles. The number of hydrogen-bond donors (Lipinski definition) is 0. The maximum atomic E-state index is 2.52.